The summed E-state index contributed by atoms with van der Waals surface area (Å²) in [6.07, 6.45) is 0. The molecule has 0 fully saturated rings. The Morgan fingerprint density at radius 3 is 2.43 bits per heavy atom. The summed E-state index contributed by atoms with van der Waals surface area (Å²) in [6.45, 7) is 5.98. The summed E-state index contributed by atoms with van der Waals surface area (Å²) >= 11 is 1.12. The van der Waals surface area contributed by atoms with Crippen LogP contribution in [-0.4, -0.2) is 42.5 Å². The van der Waals surface area contributed by atoms with E-state index in [0.29, 0.717) is 28.5 Å². The molecule has 37 heavy (non-hydrogen) atoms. The minimum Gasteiger partial charge on any atom is -0.497 e. The van der Waals surface area contributed by atoms with Gasteiger partial charge in [0.05, 0.1) is 37.5 Å². The number of methoxy groups -OCH3 is 2. The van der Waals surface area contributed by atoms with Crippen LogP contribution in [0, 0.1) is 0 Å². The van der Waals surface area contributed by atoms with Gasteiger partial charge in [0.1, 0.15) is 16.5 Å². The Morgan fingerprint density at radius 2 is 1.81 bits per heavy atom. The first-order chi connectivity index (χ1) is 17.8. The van der Waals surface area contributed by atoms with Gasteiger partial charge in [-0.1, -0.05) is 26.0 Å². The maximum absolute atomic E-state index is 13.6. The molecule has 4 rings (SSSR count). The number of carbonyl (C=O) groups excluding carboxylic acids is 2. The van der Waals surface area contributed by atoms with E-state index in [1.807, 2.05) is 12.1 Å². The molecule has 1 N–H and O–H groups in total. The van der Waals surface area contributed by atoms with Crippen LogP contribution >= 0.6 is 11.3 Å². The second kappa shape index (κ2) is 10.8. The van der Waals surface area contributed by atoms with Crippen LogP contribution in [-0.2, 0) is 4.74 Å². The zero-order chi connectivity index (χ0) is 26.7. The molecule has 1 amide bonds. The second-order valence-electron chi connectivity index (χ2n) is 8.41. The molecular weight excluding hydrogens is 494 g/mol. The molecule has 192 valence electrons. The molecule has 0 saturated heterocycles. The van der Waals surface area contributed by atoms with Crippen LogP contribution in [0.1, 0.15) is 53.1 Å². The summed E-state index contributed by atoms with van der Waals surface area (Å²) in [5.41, 5.74) is 1.36. The van der Waals surface area contributed by atoms with Crippen molar-refractivity contribution in [2.24, 2.45) is 0 Å². The molecule has 2 aromatic heterocycles. The molecule has 0 saturated carbocycles. The first-order valence-corrected chi connectivity index (χ1v) is 12.5. The first kappa shape index (κ1) is 25.9. The lowest BCUT2D eigenvalue weighted by Gasteiger charge is -2.12. The molecule has 0 radical (unpaired) electrons. The van der Waals surface area contributed by atoms with E-state index in [0.717, 1.165) is 21.6 Å². The lowest BCUT2D eigenvalue weighted by Crippen LogP contribution is -2.25. The van der Waals surface area contributed by atoms with Gasteiger partial charge in [-0.2, -0.15) is 9.78 Å². The summed E-state index contributed by atoms with van der Waals surface area (Å²) in [6, 6.07) is 12.2. The zero-order valence-electron chi connectivity index (χ0n) is 21.2. The van der Waals surface area contributed by atoms with Crippen molar-refractivity contribution in [3.8, 4) is 17.2 Å². The maximum Gasteiger partial charge on any atom is 0.359 e. The Morgan fingerprint density at radius 1 is 1.08 bits per heavy atom. The average Bonchev–Trinajstić information content (AvgIpc) is 3.32. The maximum atomic E-state index is 13.6. The number of hydrogen-bond acceptors (Lipinski definition) is 8. The highest BCUT2D eigenvalue weighted by Crippen LogP contribution is 2.32. The van der Waals surface area contributed by atoms with Crippen LogP contribution < -0.4 is 20.3 Å². The largest absolute Gasteiger partial charge is 0.497 e. The number of thiophene rings is 1. The fraction of sp³-hybridized carbons (Fsp3) is 0.259. The number of fused-ring (bicyclic) bond motifs is 1. The van der Waals surface area contributed by atoms with Gasteiger partial charge in [0.2, 0.25) is 0 Å². The van der Waals surface area contributed by atoms with Gasteiger partial charge < -0.3 is 19.5 Å². The monoisotopic (exact) mass is 521 g/mol. The summed E-state index contributed by atoms with van der Waals surface area (Å²) in [4.78, 5) is 39.6. The van der Waals surface area contributed by atoms with Crippen molar-refractivity contribution < 1.29 is 23.8 Å². The molecule has 0 aliphatic rings. The number of rotatable bonds is 8. The molecule has 0 bridgehead atoms. The number of nitrogens with zero attached hydrogens (tertiary/aromatic N) is 2. The summed E-state index contributed by atoms with van der Waals surface area (Å²) in [5.74, 6) is 0.0169. The summed E-state index contributed by atoms with van der Waals surface area (Å²) in [7, 11) is 2.97. The number of benzene rings is 2. The van der Waals surface area contributed by atoms with E-state index in [2.05, 4.69) is 24.3 Å². The number of amides is 1. The molecule has 9 nitrogen and oxygen atoms in total. The predicted octanol–water partition coefficient (Wildman–Crippen LogP) is 5.02. The van der Waals surface area contributed by atoms with Gasteiger partial charge in [0, 0.05) is 16.8 Å². The Hall–Kier alpha value is -4.18. The molecule has 10 heteroatoms. The van der Waals surface area contributed by atoms with Gasteiger partial charge in [-0.05, 0) is 42.7 Å². The smallest absolute Gasteiger partial charge is 0.359 e. The van der Waals surface area contributed by atoms with Crippen LogP contribution in [0.2, 0.25) is 0 Å². The Balaban J connectivity index is 1.84. The molecule has 0 aliphatic carbocycles. The minimum absolute atomic E-state index is 0.0110. The third-order valence-electron chi connectivity index (χ3n) is 5.81. The SMILES string of the molecule is CCOC(=O)c1nn(-c2ccc(C(C)C)cc2)c(=O)c2c(NC(=O)c3ccc(OC)cc3OC)scc12. The summed E-state index contributed by atoms with van der Waals surface area (Å²) < 4.78 is 16.9. The average molecular weight is 522 g/mol. The van der Waals surface area contributed by atoms with Crippen molar-refractivity contribution in [3.63, 3.8) is 0 Å². The van der Waals surface area contributed by atoms with Gasteiger partial charge in [0.15, 0.2) is 5.69 Å². The Bertz CT molecular complexity index is 1520. The first-order valence-electron chi connectivity index (χ1n) is 11.6. The second-order valence-corrected chi connectivity index (χ2v) is 9.29. The third kappa shape index (κ3) is 5.05. The molecule has 2 aromatic carbocycles. The number of nitrogens with one attached hydrogen (secondary N) is 1. The van der Waals surface area contributed by atoms with Crippen molar-refractivity contribution in [2.75, 3.05) is 26.1 Å². The molecule has 0 atom stereocenters. The molecule has 0 aliphatic heterocycles. The molecular formula is C27H27N3O6S. The number of hydrogen-bond donors (Lipinski definition) is 1. The highest BCUT2D eigenvalue weighted by molar-refractivity contribution is 7.16. The van der Waals surface area contributed by atoms with E-state index in [9.17, 15) is 14.4 Å². The quantitative estimate of drug-likeness (QED) is 0.324. The van der Waals surface area contributed by atoms with Crippen molar-refractivity contribution in [3.05, 3.63) is 75.0 Å². The number of aromatic nitrogens is 2. The van der Waals surface area contributed by atoms with Gasteiger partial charge in [-0.15, -0.1) is 11.3 Å². The summed E-state index contributed by atoms with van der Waals surface area (Å²) in [5, 5.41) is 9.52. The van der Waals surface area contributed by atoms with Crippen LogP contribution in [0.15, 0.2) is 52.6 Å². The van der Waals surface area contributed by atoms with Crippen molar-refractivity contribution >= 4 is 39.0 Å². The fourth-order valence-electron chi connectivity index (χ4n) is 3.82. The normalized spacial score (nSPS) is 11.0. The van der Waals surface area contributed by atoms with Crippen molar-refractivity contribution in [2.45, 2.75) is 26.7 Å². The highest BCUT2D eigenvalue weighted by atomic mass is 32.1. The fourth-order valence-corrected chi connectivity index (χ4v) is 4.76. The minimum atomic E-state index is -0.660. The molecule has 2 heterocycles. The van der Waals surface area contributed by atoms with E-state index in [1.165, 1.54) is 14.2 Å². The standard InChI is InChI=1S/C27H27N3O6S/c1-6-36-27(33)23-20-14-37-25(28-24(31)19-12-11-18(34-4)13-21(19)35-5)22(20)26(32)30(29-23)17-9-7-16(8-10-17)15(2)3/h7-15H,6H2,1-5H3,(H,28,31). The Kier molecular flexibility index (Phi) is 7.58. The number of ether oxygens (including phenoxy) is 3. The van der Waals surface area contributed by atoms with E-state index in [1.54, 1.807) is 42.6 Å². The van der Waals surface area contributed by atoms with Crippen LogP contribution in [0.25, 0.3) is 16.5 Å². The number of esters is 1. The third-order valence-corrected chi connectivity index (χ3v) is 6.70. The van der Waals surface area contributed by atoms with Gasteiger partial charge in [-0.25, -0.2) is 4.79 Å². The topological polar surface area (TPSA) is 109 Å². The van der Waals surface area contributed by atoms with Gasteiger partial charge in [0.25, 0.3) is 11.5 Å². The van der Waals surface area contributed by atoms with Crippen molar-refractivity contribution in [1.82, 2.24) is 9.78 Å². The van der Waals surface area contributed by atoms with Crippen LogP contribution in [0.5, 0.6) is 11.5 Å². The number of carbonyl (C=O) groups is 2. The molecule has 0 spiro atoms. The van der Waals surface area contributed by atoms with E-state index < -0.39 is 17.4 Å². The van der Waals surface area contributed by atoms with E-state index in [4.69, 9.17) is 14.2 Å². The van der Waals surface area contributed by atoms with Crippen LogP contribution in [0.3, 0.4) is 0 Å². The van der Waals surface area contributed by atoms with E-state index >= 15 is 0 Å². The predicted molar refractivity (Wildman–Crippen MR) is 143 cm³/mol. The number of anilines is 1. The molecule has 0 unspecified atom stereocenters. The molecule has 4 aromatic rings. The Labute approximate surface area is 217 Å². The highest BCUT2D eigenvalue weighted by Gasteiger charge is 2.24. The van der Waals surface area contributed by atoms with Crippen molar-refractivity contribution in [1.29, 1.82) is 0 Å². The van der Waals surface area contributed by atoms with Gasteiger partial charge in [-0.3, -0.25) is 9.59 Å². The zero-order valence-corrected chi connectivity index (χ0v) is 22.0. The lowest BCUT2D eigenvalue weighted by atomic mass is 10.0. The van der Waals surface area contributed by atoms with Gasteiger partial charge >= 0.3 is 5.97 Å². The lowest BCUT2D eigenvalue weighted by molar-refractivity contribution is 0.0520. The van der Waals surface area contributed by atoms with Crippen LogP contribution in [0.4, 0.5) is 5.00 Å². The van der Waals surface area contributed by atoms with E-state index in [-0.39, 0.29) is 28.3 Å².